The Morgan fingerprint density at radius 1 is 1.32 bits per heavy atom. The van der Waals surface area contributed by atoms with Crippen molar-refractivity contribution in [3.05, 3.63) is 35.4 Å². The molecule has 136 valence electrons. The topological polar surface area (TPSA) is 95.9 Å². The van der Waals surface area contributed by atoms with Gasteiger partial charge in [-0.25, -0.2) is 4.79 Å². The van der Waals surface area contributed by atoms with Crippen molar-refractivity contribution in [2.24, 2.45) is 0 Å². The number of aliphatic hydroxyl groups excluding tert-OH is 1. The lowest BCUT2D eigenvalue weighted by atomic mass is 10.0. The molecule has 1 fully saturated rings. The lowest BCUT2D eigenvalue weighted by Gasteiger charge is -2.24. The predicted molar refractivity (Wildman–Crippen MR) is 90.6 cm³/mol. The first-order valence-electron chi connectivity index (χ1n) is 8.20. The van der Waals surface area contributed by atoms with E-state index in [9.17, 15) is 19.5 Å². The average Bonchev–Trinajstić information content (AvgIpc) is 2.97. The smallest absolute Gasteiger partial charge is 0.328 e. The summed E-state index contributed by atoms with van der Waals surface area (Å²) in [7, 11) is 1.26. The average molecular weight is 348 g/mol. The minimum atomic E-state index is -0.855. The quantitative estimate of drug-likeness (QED) is 0.740. The van der Waals surface area contributed by atoms with E-state index in [2.05, 4.69) is 5.32 Å². The van der Waals surface area contributed by atoms with Crippen LogP contribution in [0.25, 0.3) is 0 Å². The standard InChI is InChI=1S/C18H24N2O5/c1-11-4-6-13(7-5-11)8-15(18(24)25-3)19-17(23)16-9-14(22)10-20(16)12(2)21/h4-7,14-16,22H,8-10H2,1-3H3,(H,19,23)/t14-,15+,16+/m1/s1. The van der Waals surface area contributed by atoms with Crippen LogP contribution in [0.1, 0.15) is 24.5 Å². The highest BCUT2D eigenvalue weighted by Crippen LogP contribution is 2.18. The van der Waals surface area contributed by atoms with E-state index in [1.165, 1.54) is 18.9 Å². The number of carbonyl (C=O) groups is 3. The van der Waals surface area contributed by atoms with Crippen LogP contribution in [0.2, 0.25) is 0 Å². The maximum absolute atomic E-state index is 12.6. The van der Waals surface area contributed by atoms with Gasteiger partial charge < -0.3 is 20.1 Å². The number of methoxy groups -OCH3 is 1. The number of likely N-dealkylation sites (tertiary alicyclic amines) is 1. The molecule has 1 aliphatic rings. The summed E-state index contributed by atoms with van der Waals surface area (Å²) in [5.74, 6) is -1.30. The third kappa shape index (κ3) is 4.79. The van der Waals surface area contributed by atoms with E-state index in [1.807, 2.05) is 31.2 Å². The number of esters is 1. The molecule has 1 aromatic carbocycles. The predicted octanol–water partition coefficient (Wildman–Crippen LogP) is 0.177. The number of nitrogens with one attached hydrogen (secondary N) is 1. The first-order valence-corrected chi connectivity index (χ1v) is 8.20. The van der Waals surface area contributed by atoms with Gasteiger partial charge in [-0.2, -0.15) is 0 Å². The van der Waals surface area contributed by atoms with Crippen LogP contribution >= 0.6 is 0 Å². The fourth-order valence-corrected chi connectivity index (χ4v) is 2.97. The highest BCUT2D eigenvalue weighted by molar-refractivity contribution is 5.91. The van der Waals surface area contributed by atoms with Crippen LogP contribution in [-0.4, -0.2) is 59.6 Å². The molecule has 3 atom stereocenters. The zero-order valence-electron chi connectivity index (χ0n) is 14.7. The molecular weight excluding hydrogens is 324 g/mol. The van der Waals surface area contributed by atoms with Gasteiger partial charge in [0.05, 0.1) is 13.2 Å². The largest absolute Gasteiger partial charge is 0.467 e. The number of carbonyl (C=O) groups excluding carboxylic acids is 3. The Morgan fingerprint density at radius 2 is 1.96 bits per heavy atom. The molecule has 1 aliphatic heterocycles. The van der Waals surface area contributed by atoms with Crippen molar-refractivity contribution in [2.75, 3.05) is 13.7 Å². The number of β-amino-alcohol motifs (C(OH)–C–C–N with tert-alkyl or cyclic N) is 1. The van der Waals surface area contributed by atoms with Crippen molar-refractivity contribution in [1.82, 2.24) is 10.2 Å². The minimum absolute atomic E-state index is 0.119. The Balaban J connectivity index is 2.10. The highest BCUT2D eigenvalue weighted by Gasteiger charge is 2.38. The number of ether oxygens (including phenoxy) is 1. The third-order valence-corrected chi connectivity index (χ3v) is 4.35. The van der Waals surface area contributed by atoms with Gasteiger partial charge in [-0.15, -0.1) is 0 Å². The first kappa shape index (κ1) is 18.9. The number of aryl methyl sites for hydroxylation is 1. The van der Waals surface area contributed by atoms with E-state index in [4.69, 9.17) is 4.74 Å². The molecule has 0 bridgehead atoms. The van der Waals surface area contributed by atoms with E-state index in [0.29, 0.717) is 0 Å². The second-order valence-electron chi connectivity index (χ2n) is 6.35. The van der Waals surface area contributed by atoms with E-state index in [0.717, 1.165) is 11.1 Å². The summed E-state index contributed by atoms with van der Waals surface area (Å²) in [4.78, 5) is 37.6. The molecule has 0 saturated carbocycles. The van der Waals surface area contributed by atoms with Crippen LogP contribution in [0.4, 0.5) is 0 Å². The lowest BCUT2D eigenvalue weighted by molar-refractivity contribution is -0.146. The molecule has 0 spiro atoms. The summed E-state index contributed by atoms with van der Waals surface area (Å²) in [5.41, 5.74) is 1.98. The van der Waals surface area contributed by atoms with Gasteiger partial charge in [-0.05, 0) is 12.5 Å². The lowest BCUT2D eigenvalue weighted by Crippen LogP contribution is -2.51. The fraction of sp³-hybridized carbons (Fsp3) is 0.500. The van der Waals surface area contributed by atoms with Crippen LogP contribution in [0.3, 0.4) is 0 Å². The molecular formula is C18H24N2O5. The summed E-state index contributed by atoms with van der Waals surface area (Å²) in [6, 6.07) is 5.99. The van der Waals surface area contributed by atoms with Gasteiger partial charge in [0, 0.05) is 26.3 Å². The zero-order chi connectivity index (χ0) is 18.6. The van der Waals surface area contributed by atoms with Crippen LogP contribution in [0, 0.1) is 6.92 Å². The van der Waals surface area contributed by atoms with Crippen molar-refractivity contribution in [2.45, 2.75) is 44.9 Å². The van der Waals surface area contributed by atoms with Gasteiger partial charge in [0.25, 0.3) is 0 Å². The molecule has 7 heteroatoms. The fourth-order valence-electron chi connectivity index (χ4n) is 2.97. The third-order valence-electron chi connectivity index (χ3n) is 4.35. The second kappa shape index (κ2) is 8.11. The molecule has 0 aliphatic carbocycles. The van der Waals surface area contributed by atoms with Gasteiger partial charge >= 0.3 is 5.97 Å². The molecule has 0 unspecified atom stereocenters. The van der Waals surface area contributed by atoms with E-state index in [-0.39, 0.29) is 25.3 Å². The second-order valence-corrected chi connectivity index (χ2v) is 6.35. The summed E-state index contributed by atoms with van der Waals surface area (Å²) >= 11 is 0. The van der Waals surface area contributed by atoms with Crippen molar-refractivity contribution >= 4 is 17.8 Å². The molecule has 7 nitrogen and oxygen atoms in total. The van der Waals surface area contributed by atoms with Gasteiger partial charge in [0.15, 0.2) is 0 Å². The monoisotopic (exact) mass is 348 g/mol. The van der Waals surface area contributed by atoms with E-state index >= 15 is 0 Å². The van der Waals surface area contributed by atoms with Gasteiger partial charge in [-0.1, -0.05) is 29.8 Å². The maximum atomic E-state index is 12.6. The summed E-state index contributed by atoms with van der Waals surface area (Å²) < 4.78 is 4.78. The van der Waals surface area contributed by atoms with Gasteiger partial charge in [-0.3, -0.25) is 9.59 Å². The van der Waals surface area contributed by atoms with Crippen molar-refractivity contribution in [3.8, 4) is 0 Å². The molecule has 2 N–H and O–H groups in total. The summed E-state index contributed by atoms with van der Waals surface area (Å²) in [5, 5.41) is 12.4. The van der Waals surface area contributed by atoms with Gasteiger partial charge in [0.2, 0.25) is 11.8 Å². The minimum Gasteiger partial charge on any atom is -0.467 e. The number of aliphatic hydroxyl groups is 1. The Morgan fingerprint density at radius 3 is 2.52 bits per heavy atom. The summed E-state index contributed by atoms with van der Waals surface area (Å²) in [6.45, 7) is 3.43. The summed E-state index contributed by atoms with van der Waals surface area (Å²) in [6.07, 6.45) is -0.300. The number of hydrogen-bond donors (Lipinski definition) is 2. The van der Waals surface area contributed by atoms with Crippen molar-refractivity contribution in [3.63, 3.8) is 0 Å². The van der Waals surface area contributed by atoms with E-state index in [1.54, 1.807) is 0 Å². The number of hydrogen-bond acceptors (Lipinski definition) is 5. The van der Waals surface area contributed by atoms with E-state index < -0.39 is 30.1 Å². The molecule has 2 amide bonds. The van der Waals surface area contributed by atoms with Crippen LogP contribution in [-0.2, 0) is 25.5 Å². The number of nitrogens with zero attached hydrogens (tertiary/aromatic N) is 1. The van der Waals surface area contributed by atoms with Crippen LogP contribution in [0.15, 0.2) is 24.3 Å². The van der Waals surface area contributed by atoms with Gasteiger partial charge in [0.1, 0.15) is 12.1 Å². The van der Waals surface area contributed by atoms with Crippen molar-refractivity contribution in [1.29, 1.82) is 0 Å². The number of amides is 2. The zero-order valence-corrected chi connectivity index (χ0v) is 14.7. The molecule has 1 aromatic rings. The Kier molecular flexibility index (Phi) is 6.14. The number of benzene rings is 1. The molecule has 1 heterocycles. The van der Waals surface area contributed by atoms with Crippen LogP contribution in [0.5, 0.6) is 0 Å². The van der Waals surface area contributed by atoms with Crippen LogP contribution < -0.4 is 5.32 Å². The molecule has 25 heavy (non-hydrogen) atoms. The molecule has 2 rings (SSSR count). The Hall–Kier alpha value is -2.41. The molecule has 1 saturated heterocycles. The Labute approximate surface area is 147 Å². The number of rotatable bonds is 5. The molecule has 0 aromatic heterocycles. The maximum Gasteiger partial charge on any atom is 0.328 e. The first-order chi connectivity index (χ1) is 11.8. The normalized spacial score (nSPS) is 20.9. The SMILES string of the molecule is COC(=O)[C@H](Cc1ccc(C)cc1)NC(=O)[C@@H]1C[C@@H](O)CN1C(C)=O. The highest BCUT2D eigenvalue weighted by atomic mass is 16.5. The Bertz CT molecular complexity index is 643. The molecule has 0 radical (unpaired) electrons. The van der Waals surface area contributed by atoms with Crippen molar-refractivity contribution < 1.29 is 24.2 Å².